The number of benzene rings is 2. The SMILES string of the molecule is CC(C)N=C(N)c1ccc2nc(CCc3cn(-c4ccc(Cl)cc4)nn3)[nH]c2c1.Cl. The van der Waals surface area contributed by atoms with E-state index in [-0.39, 0.29) is 18.4 Å². The van der Waals surface area contributed by atoms with Gasteiger partial charge in [-0.05, 0) is 56.3 Å². The third kappa shape index (κ3) is 4.98. The number of aromatic amines is 1. The van der Waals surface area contributed by atoms with E-state index in [1.165, 1.54) is 0 Å². The Kier molecular flexibility index (Phi) is 6.74. The summed E-state index contributed by atoms with van der Waals surface area (Å²) in [5.74, 6) is 1.44. The van der Waals surface area contributed by atoms with Crippen molar-refractivity contribution in [1.29, 1.82) is 0 Å². The quantitative estimate of drug-likeness (QED) is 0.345. The van der Waals surface area contributed by atoms with Crippen LogP contribution in [0.15, 0.2) is 53.7 Å². The second-order valence-electron chi connectivity index (χ2n) is 7.15. The summed E-state index contributed by atoms with van der Waals surface area (Å²) in [4.78, 5) is 12.4. The first-order chi connectivity index (χ1) is 14.0. The molecule has 0 radical (unpaired) electrons. The topological polar surface area (TPSA) is 97.8 Å². The van der Waals surface area contributed by atoms with Gasteiger partial charge in [0.25, 0.3) is 0 Å². The molecule has 30 heavy (non-hydrogen) atoms. The van der Waals surface area contributed by atoms with Crippen LogP contribution in [0.2, 0.25) is 5.02 Å². The van der Waals surface area contributed by atoms with Crippen LogP contribution < -0.4 is 5.73 Å². The number of nitrogens with zero attached hydrogens (tertiary/aromatic N) is 5. The average molecular weight is 444 g/mol. The van der Waals surface area contributed by atoms with Gasteiger partial charge < -0.3 is 10.7 Å². The third-order valence-electron chi connectivity index (χ3n) is 4.47. The highest BCUT2D eigenvalue weighted by molar-refractivity contribution is 6.30. The molecule has 0 spiro atoms. The van der Waals surface area contributed by atoms with Crippen molar-refractivity contribution in [3.8, 4) is 5.69 Å². The fraction of sp³-hybridized carbons (Fsp3) is 0.238. The summed E-state index contributed by atoms with van der Waals surface area (Å²) in [6.07, 6.45) is 3.39. The molecule has 3 N–H and O–H groups in total. The van der Waals surface area contributed by atoms with Crippen molar-refractivity contribution >= 4 is 40.9 Å². The van der Waals surface area contributed by atoms with Crippen LogP contribution in [0.5, 0.6) is 0 Å². The van der Waals surface area contributed by atoms with Gasteiger partial charge in [-0.2, -0.15) is 0 Å². The number of aliphatic imine (C=N–C) groups is 1. The van der Waals surface area contributed by atoms with E-state index < -0.39 is 0 Å². The van der Waals surface area contributed by atoms with Crippen molar-refractivity contribution in [2.75, 3.05) is 0 Å². The summed E-state index contributed by atoms with van der Waals surface area (Å²) in [5, 5.41) is 9.14. The Hall–Kier alpha value is -2.90. The summed E-state index contributed by atoms with van der Waals surface area (Å²) in [6, 6.07) is 13.5. The van der Waals surface area contributed by atoms with E-state index in [1.54, 1.807) is 4.68 Å². The zero-order valence-electron chi connectivity index (χ0n) is 16.7. The van der Waals surface area contributed by atoms with Gasteiger partial charge in [0.05, 0.1) is 28.6 Å². The molecule has 0 atom stereocenters. The molecule has 0 unspecified atom stereocenters. The third-order valence-corrected chi connectivity index (χ3v) is 4.73. The minimum Gasteiger partial charge on any atom is -0.383 e. The van der Waals surface area contributed by atoms with Gasteiger partial charge in [0, 0.05) is 29.5 Å². The number of aromatic nitrogens is 5. The van der Waals surface area contributed by atoms with E-state index in [2.05, 4.69) is 25.3 Å². The predicted molar refractivity (Wildman–Crippen MR) is 123 cm³/mol. The van der Waals surface area contributed by atoms with Crippen molar-refractivity contribution in [1.82, 2.24) is 25.0 Å². The summed E-state index contributed by atoms with van der Waals surface area (Å²) >= 11 is 5.94. The Balaban J connectivity index is 0.00000256. The molecule has 9 heteroatoms. The summed E-state index contributed by atoms with van der Waals surface area (Å²) in [7, 11) is 0. The molecule has 2 heterocycles. The lowest BCUT2D eigenvalue weighted by molar-refractivity contribution is 0.790. The number of hydrogen-bond donors (Lipinski definition) is 2. The van der Waals surface area contributed by atoms with Crippen LogP contribution in [0, 0.1) is 0 Å². The van der Waals surface area contributed by atoms with E-state index in [4.69, 9.17) is 17.3 Å². The molecule has 0 amide bonds. The normalized spacial score (nSPS) is 11.8. The van der Waals surface area contributed by atoms with Crippen molar-refractivity contribution in [3.63, 3.8) is 0 Å². The van der Waals surface area contributed by atoms with E-state index >= 15 is 0 Å². The molecular weight excluding hydrogens is 421 g/mol. The van der Waals surface area contributed by atoms with Gasteiger partial charge in [-0.3, -0.25) is 4.99 Å². The number of aryl methyl sites for hydroxylation is 2. The Bertz CT molecular complexity index is 1160. The highest BCUT2D eigenvalue weighted by Gasteiger charge is 2.08. The lowest BCUT2D eigenvalue weighted by Crippen LogP contribution is -2.15. The molecule has 0 aliphatic heterocycles. The largest absolute Gasteiger partial charge is 0.383 e. The molecule has 0 aliphatic rings. The second-order valence-corrected chi connectivity index (χ2v) is 7.59. The van der Waals surface area contributed by atoms with Crippen LogP contribution >= 0.6 is 24.0 Å². The Morgan fingerprint density at radius 2 is 1.93 bits per heavy atom. The first-order valence-corrected chi connectivity index (χ1v) is 9.85. The molecule has 2 aromatic carbocycles. The van der Waals surface area contributed by atoms with Crippen LogP contribution in [0.3, 0.4) is 0 Å². The van der Waals surface area contributed by atoms with Gasteiger partial charge in [-0.1, -0.05) is 16.8 Å². The fourth-order valence-corrected chi connectivity index (χ4v) is 3.20. The second kappa shape index (κ2) is 9.28. The van der Waals surface area contributed by atoms with Gasteiger partial charge in [-0.15, -0.1) is 17.5 Å². The standard InChI is InChI=1S/C21H22ClN7.ClH/c1-13(2)24-21(23)14-3-9-18-19(11-14)26-20(25-18)10-6-16-12-29(28-27-16)17-7-4-15(22)5-8-17;/h3-5,7-9,11-13H,6,10H2,1-2H3,(H2,23,24)(H,25,26);1H. The van der Waals surface area contributed by atoms with Gasteiger partial charge in [0.2, 0.25) is 0 Å². The van der Waals surface area contributed by atoms with Crippen molar-refractivity contribution < 1.29 is 0 Å². The van der Waals surface area contributed by atoms with E-state index in [0.29, 0.717) is 10.9 Å². The van der Waals surface area contributed by atoms with Crippen molar-refractivity contribution in [2.45, 2.75) is 32.7 Å². The van der Waals surface area contributed by atoms with Gasteiger partial charge >= 0.3 is 0 Å². The number of rotatable bonds is 6. The van der Waals surface area contributed by atoms with Crippen LogP contribution in [0.4, 0.5) is 0 Å². The van der Waals surface area contributed by atoms with Crippen LogP contribution in [0.1, 0.15) is 30.9 Å². The Morgan fingerprint density at radius 1 is 1.17 bits per heavy atom. The smallest absolute Gasteiger partial charge is 0.125 e. The molecule has 0 saturated carbocycles. The number of amidine groups is 1. The molecular formula is C21H23Cl2N7. The van der Waals surface area contributed by atoms with Gasteiger partial charge in [0.1, 0.15) is 11.7 Å². The molecule has 156 valence electrons. The summed E-state index contributed by atoms with van der Waals surface area (Å²) in [6.45, 7) is 4.01. The minimum atomic E-state index is 0. The van der Waals surface area contributed by atoms with Crippen LogP contribution in [0.25, 0.3) is 16.7 Å². The van der Waals surface area contributed by atoms with Crippen molar-refractivity contribution in [3.05, 3.63) is 70.8 Å². The monoisotopic (exact) mass is 443 g/mol. The van der Waals surface area contributed by atoms with Crippen molar-refractivity contribution in [2.24, 2.45) is 10.7 Å². The van der Waals surface area contributed by atoms with Gasteiger partial charge in [-0.25, -0.2) is 9.67 Å². The lowest BCUT2D eigenvalue weighted by atomic mass is 10.2. The highest BCUT2D eigenvalue weighted by Crippen LogP contribution is 2.16. The highest BCUT2D eigenvalue weighted by atomic mass is 35.5. The van der Waals surface area contributed by atoms with E-state index in [1.807, 2.05) is 62.5 Å². The van der Waals surface area contributed by atoms with E-state index in [9.17, 15) is 0 Å². The van der Waals surface area contributed by atoms with Crippen LogP contribution in [-0.4, -0.2) is 36.8 Å². The zero-order valence-corrected chi connectivity index (χ0v) is 18.3. The maximum absolute atomic E-state index is 6.08. The summed E-state index contributed by atoms with van der Waals surface area (Å²) < 4.78 is 1.74. The molecule has 0 aliphatic carbocycles. The first-order valence-electron chi connectivity index (χ1n) is 9.47. The number of imidazole rings is 1. The fourth-order valence-electron chi connectivity index (χ4n) is 3.07. The molecule has 4 aromatic rings. The number of fused-ring (bicyclic) bond motifs is 1. The summed E-state index contributed by atoms with van der Waals surface area (Å²) in [5.41, 5.74) is 10.6. The van der Waals surface area contributed by atoms with Gasteiger partial charge in [0.15, 0.2) is 0 Å². The predicted octanol–water partition coefficient (Wildman–Crippen LogP) is 4.12. The molecule has 0 fully saturated rings. The maximum Gasteiger partial charge on any atom is 0.125 e. The molecule has 2 aromatic heterocycles. The average Bonchev–Trinajstić information content (AvgIpc) is 3.32. The molecule has 7 nitrogen and oxygen atoms in total. The molecule has 0 saturated heterocycles. The number of nitrogens with one attached hydrogen (secondary N) is 1. The lowest BCUT2D eigenvalue weighted by Gasteiger charge is -2.03. The number of halogens is 2. The molecule has 0 bridgehead atoms. The van der Waals surface area contributed by atoms with E-state index in [0.717, 1.165) is 46.6 Å². The Labute approximate surface area is 185 Å². The maximum atomic E-state index is 6.08. The first kappa shape index (κ1) is 21.8. The Morgan fingerprint density at radius 3 is 2.67 bits per heavy atom. The zero-order chi connectivity index (χ0) is 20.4. The molecule has 4 rings (SSSR count). The minimum absolute atomic E-state index is 0. The van der Waals surface area contributed by atoms with Crippen LogP contribution in [-0.2, 0) is 12.8 Å². The number of hydrogen-bond acceptors (Lipinski definition) is 4. The number of nitrogens with two attached hydrogens (primary N) is 1. The number of H-pyrrole nitrogens is 1.